The highest BCUT2D eigenvalue weighted by Crippen LogP contribution is 2.23. The van der Waals surface area contributed by atoms with Gasteiger partial charge in [0.25, 0.3) is 0 Å². The van der Waals surface area contributed by atoms with E-state index in [0.29, 0.717) is 5.56 Å². The number of aromatic carboxylic acids is 1. The molecule has 0 unspecified atom stereocenters. The van der Waals surface area contributed by atoms with Gasteiger partial charge < -0.3 is 10.2 Å². The lowest BCUT2D eigenvalue weighted by atomic mass is 10.0. The molecule has 0 aliphatic heterocycles. The molecule has 0 bridgehead atoms. The number of phenolic OH excluding ortho intramolecular Hbond substituents is 1. The average Bonchev–Trinajstić information content (AvgIpc) is 2.50. The second kappa shape index (κ2) is 6.26. The van der Waals surface area contributed by atoms with Crippen LogP contribution in [0.4, 0.5) is 0 Å². The minimum atomic E-state index is -1.02. The Morgan fingerprint density at radius 2 is 1.45 bits per heavy atom. The van der Waals surface area contributed by atoms with Gasteiger partial charge in [0.1, 0.15) is 5.75 Å². The molecule has 0 aromatic heterocycles. The molecule has 0 spiro atoms. The Hall–Kier alpha value is -2.88. The second-order valence-corrected chi connectivity index (χ2v) is 5.08. The number of rotatable bonds is 4. The van der Waals surface area contributed by atoms with E-state index in [0.717, 1.165) is 16.7 Å². The monoisotopic (exact) mass is 296 g/mol. The van der Waals surface area contributed by atoms with Crippen molar-refractivity contribution >= 4 is 17.8 Å². The molecule has 0 saturated heterocycles. The van der Waals surface area contributed by atoms with Crippen LogP contribution in [0.1, 0.15) is 37.4 Å². The van der Waals surface area contributed by atoms with Gasteiger partial charge >= 0.3 is 5.97 Å². The lowest BCUT2D eigenvalue weighted by Gasteiger charge is -2.04. The summed E-state index contributed by atoms with van der Waals surface area (Å²) in [5, 5.41) is 18.5. The molecule has 4 heteroatoms. The van der Waals surface area contributed by atoms with Gasteiger partial charge in [-0.3, -0.25) is 4.79 Å². The predicted octanol–water partition coefficient (Wildman–Crippen LogP) is 3.60. The van der Waals surface area contributed by atoms with Crippen molar-refractivity contribution in [1.82, 2.24) is 0 Å². The standard InChI is InChI=1S/C18H16O4/c1-11-9-13(10-12(2)17(11)20)3-8-16(19)14-4-6-15(7-5-14)18(21)22/h3-10,20H,1-2H3,(H,21,22). The highest BCUT2D eigenvalue weighted by molar-refractivity contribution is 6.07. The summed E-state index contributed by atoms with van der Waals surface area (Å²) in [5.41, 5.74) is 2.89. The molecule has 22 heavy (non-hydrogen) atoms. The van der Waals surface area contributed by atoms with Crippen LogP contribution in [0, 0.1) is 13.8 Å². The van der Waals surface area contributed by atoms with E-state index in [2.05, 4.69) is 0 Å². The van der Waals surface area contributed by atoms with Crippen LogP contribution in [0.3, 0.4) is 0 Å². The number of aryl methyl sites for hydroxylation is 2. The summed E-state index contributed by atoms with van der Waals surface area (Å²) in [6.07, 6.45) is 3.11. The van der Waals surface area contributed by atoms with Crippen molar-refractivity contribution < 1.29 is 19.8 Å². The number of hydrogen-bond donors (Lipinski definition) is 2. The van der Waals surface area contributed by atoms with Crippen LogP contribution in [0.2, 0.25) is 0 Å². The van der Waals surface area contributed by atoms with Crippen LogP contribution < -0.4 is 0 Å². The molecule has 0 saturated carbocycles. The smallest absolute Gasteiger partial charge is 0.335 e. The zero-order valence-corrected chi connectivity index (χ0v) is 12.3. The van der Waals surface area contributed by atoms with E-state index in [-0.39, 0.29) is 17.1 Å². The number of carbonyl (C=O) groups excluding carboxylic acids is 1. The van der Waals surface area contributed by atoms with Crippen molar-refractivity contribution in [2.45, 2.75) is 13.8 Å². The molecule has 0 atom stereocenters. The molecule has 2 rings (SSSR count). The molecule has 4 nitrogen and oxygen atoms in total. The molecule has 2 aromatic carbocycles. The fraction of sp³-hybridized carbons (Fsp3) is 0.111. The number of benzene rings is 2. The van der Waals surface area contributed by atoms with Gasteiger partial charge in [-0.05, 0) is 60.9 Å². The quantitative estimate of drug-likeness (QED) is 0.667. The Kier molecular flexibility index (Phi) is 4.41. The summed E-state index contributed by atoms with van der Waals surface area (Å²) in [4.78, 5) is 22.8. The van der Waals surface area contributed by atoms with Crippen LogP contribution in [0.15, 0.2) is 42.5 Å². The number of carboxylic acids is 1. The first-order valence-electron chi connectivity index (χ1n) is 6.74. The van der Waals surface area contributed by atoms with E-state index >= 15 is 0 Å². The van der Waals surface area contributed by atoms with E-state index < -0.39 is 5.97 Å². The van der Waals surface area contributed by atoms with Crippen molar-refractivity contribution in [3.8, 4) is 5.75 Å². The first-order chi connectivity index (χ1) is 10.4. The number of aromatic hydroxyl groups is 1. The Balaban J connectivity index is 2.19. The summed E-state index contributed by atoms with van der Waals surface area (Å²) >= 11 is 0. The maximum Gasteiger partial charge on any atom is 0.335 e. The Morgan fingerprint density at radius 1 is 0.955 bits per heavy atom. The summed E-state index contributed by atoms with van der Waals surface area (Å²) < 4.78 is 0. The molecule has 0 aliphatic carbocycles. The minimum absolute atomic E-state index is 0.144. The summed E-state index contributed by atoms with van der Waals surface area (Å²) in [6, 6.07) is 9.36. The van der Waals surface area contributed by atoms with E-state index in [1.165, 1.54) is 30.3 Å². The van der Waals surface area contributed by atoms with Gasteiger partial charge in [0.05, 0.1) is 5.56 Å². The molecule has 0 radical (unpaired) electrons. The number of phenols is 1. The number of carboxylic acid groups (broad SMARTS) is 1. The summed E-state index contributed by atoms with van der Waals surface area (Å²) in [5.74, 6) is -0.974. The third kappa shape index (κ3) is 3.41. The Morgan fingerprint density at radius 3 is 1.95 bits per heavy atom. The summed E-state index contributed by atoms with van der Waals surface area (Å²) in [7, 11) is 0. The first kappa shape index (κ1) is 15.5. The minimum Gasteiger partial charge on any atom is -0.507 e. The second-order valence-electron chi connectivity index (χ2n) is 5.08. The molecular formula is C18H16O4. The van der Waals surface area contributed by atoms with Gasteiger partial charge in [0.2, 0.25) is 0 Å². The van der Waals surface area contributed by atoms with Crippen molar-refractivity contribution in [2.75, 3.05) is 0 Å². The van der Waals surface area contributed by atoms with E-state index in [1.807, 2.05) is 0 Å². The van der Waals surface area contributed by atoms with E-state index in [1.54, 1.807) is 32.1 Å². The zero-order chi connectivity index (χ0) is 16.3. The maximum atomic E-state index is 12.1. The van der Waals surface area contributed by atoms with Crippen molar-refractivity contribution in [3.63, 3.8) is 0 Å². The Labute approximate surface area is 128 Å². The van der Waals surface area contributed by atoms with Crippen molar-refractivity contribution in [1.29, 1.82) is 0 Å². The molecule has 0 heterocycles. The molecule has 0 fully saturated rings. The lowest BCUT2D eigenvalue weighted by Crippen LogP contribution is -1.98. The van der Waals surface area contributed by atoms with Gasteiger partial charge in [-0.2, -0.15) is 0 Å². The molecule has 0 amide bonds. The van der Waals surface area contributed by atoms with E-state index in [9.17, 15) is 14.7 Å². The van der Waals surface area contributed by atoms with Crippen LogP contribution in [0.25, 0.3) is 6.08 Å². The number of carbonyl (C=O) groups is 2. The Bertz CT molecular complexity index is 732. The van der Waals surface area contributed by atoms with Crippen molar-refractivity contribution in [2.24, 2.45) is 0 Å². The van der Waals surface area contributed by atoms with Crippen molar-refractivity contribution in [3.05, 3.63) is 70.3 Å². The first-order valence-corrected chi connectivity index (χ1v) is 6.74. The molecule has 112 valence electrons. The predicted molar refractivity (Wildman–Crippen MR) is 84.3 cm³/mol. The average molecular weight is 296 g/mol. The number of allylic oxidation sites excluding steroid dienone is 1. The van der Waals surface area contributed by atoms with E-state index in [4.69, 9.17) is 5.11 Å². The van der Waals surface area contributed by atoms with Crippen LogP contribution in [-0.2, 0) is 0 Å². The van der Waals surface area contributed by atoms with Crippen LogP contribution in [-0.4, -0.2) is 22.0 Å². The lowest BCUT2D eigenvalue weighted by molar-refractivity contribution is 0.0696. The molecule has 2 aromatic rings. The maximum absolute atomic E-state index is 12.1. The van der Waals surface area contributed by atoms with Crippen LogP contribution >= 0.6 is 0 Å². The number of hydrogen-bond acceptors (Lipinski definition) is 3. The van der Waals surface area contributed by atoms with Gasteiger partial charge in [0, 0.05) is 5.56 Å². The van der Waals surface area contributed by atoms with Gasteiger partial charge in [-0.1, -0.05) is 18.2 Å². The molecule has 2 N–H and O–H groups in total. The third-order valence-corrected chi connectivity index (χ3v) is 3.36. The topological polar surface area (TPSA) is 74.6 Å². The third-order valence-electron chi connectivity index (χ3n) is 3.36. The largest absolute Gasteiger partial charge is 0.507 e. The van der Waals surface area contributed by atoms with Crippen LogP contribution in [0.5, 0.6) is 5.75 Å². The number of ketones is 1. The highest BCUT2D eigenvalue weighted by atomic mass is 16.4. The van der Waals surface area contributed by atoms with Gasteiger partial charge in [-0.15, -0.1) is 0 Å². The SMILES string of the molecule is Cc1cc(C=CC(=O)c2ccc(C(=O)O)cc2)cc(C)c1O. The fourth-order valence-electron chi connectivity index (χ4n) is 2.13. The molecule has 0 aliphatic rings. The van der Waals surface area contributed by atoms with Gasteiger partial charge in [-0.25, -0.2) is 4.79 Å². The highest BCUT2D eigenvalue weighted by Gasteiger charge is 2.06. The fourth-order valence-corrected chi connectivity index (χ4v) is 2.13. The molecular weight excluding hydrogens is 280 g/mol. The zero-order valence-electron chi connectivity index (χ0n) is 12.3. The summed E-state index contributed by atoms with van der Waals surface area (Å²) in [6.45, 7) is 3.60. The normalized spacial score (nSPS) is 10.8. The van der Waals surface area contributed by atoms with Gasteiger partial charge in [0.15, 0.2) is 5.78 Å².